The van der Waals surface area contributed by atoms with Crippen molar-refractivity contribution in [3.63, 3.8) is 0 Å². The molecule has 0 unspecified atom stereocenters. The van der Waals surface area contributed by atoms with Gasteiger partial charge in [-0.15, -0.1) is 0 Å². The molecule has 0 aliphatic heterocycles. The molecule has 0 bridgehead atoms. The van der Waals surface area contributed by atoms with Gasteiger partial charge in [0.25, 0.3) is 0 Å². The molecule has 2 aromatic rings. The van der Waals surface area contributed by atoms with E-state index in [-0.39, 0.29) is 0 Å². The van der Waals surface area contributed by atoms with Crippen molar-refractivity contribution >= 4 is 0 Å². The molecule has 76 valence electrons. The summed E-state index contributed by atoms with van der Waals surface area (Å²) in [6.07, 6.45) is 1.84. The van der Waals surface area contributed by atoms with Crippen LogP contribution in [0.4, 0.5) is 0 Å². The third-order valence-electron chi connectivity index (χ3n) is 2.90. The summed E-state index contributed by atoms with van der Waals surface area (Å²) in [5, 5.41) is 0. The maximum Gasteiger partial charge on any atom is 0.0451 e. The number of aromatic nitrogens is 1. The average Bonchev–Trinajstić information content (AvgIpc) is 2.23. The second-order valence-corrected chi connectivity index (χ2v) is 3.88. The summed E-state index contributed by atoms with van der Waals surface area (Å²) in [6, 6.07) is 10.5. The summed E-state index contributed by atoms with van der Waals surface area (Å²) >= 11 is 0. The fraction of sp³-hybridized carbons (Fsp3) is 0.214. The van der Waals surface area contributed by atoms with Crippen molar-refractivity contribution in [2.75, 3.05) is 0 Å². The van der Waals surface area contributed by atoms with Crippen molar-refractivity contribution < 1.29 is 0 Å². The highest BCUT2D eigenvalue weighted by Gasteiger charge is 2.05. The van der Waals surface area contributed by atoms with Crippen molar-refractivity contribution in [3.8, 4) is 11.1 Å². The molecule has 1 nitrogen and oxygen atoms in total. The van der Waals surface area contributed by atoms with Crippen LogP contribution in [0.2, 0.25) is 0 Å². The average molecular weight is 197 g/mol. The summed E-state index contributed by atoms with van der Waals surface area (Å²) in [5.41, 5.74) is 6.29. The largest absolute Gasteiger partial charge is 0.261 e. The standard InChI is InChI=1S/C14H15N/c1-10-6-4-7-13(11(10)2)14-8-5-9-15-12(14)3/h4-9H,1-3H3. The lowest BCUT2D eigenvalue weighted by atomic mass is 9.96. The van der Waals surface area contributed by atoms with Crippen LogP contribution in [0.5, 0.6) is 0 Å². The van der Waals surface area contributed by atoms with Crippen LogP contribution in [0.25, 0.3) is 11.1 Å². The third-order valence-corrected chi connectivity index (χ3v) is 2.90. The van der Waals surface area contributed by atoms with E-state index in [0.29, 0.717) is 0 Å². The lowest BCUT2D eigenvalue weighted by Crippen LogP contribution is -1.91. The molecule has 1 heteroatoms. The Morgan fingerprint density at radius 3 is 2.33 bits per heavy atom. The van der Waals surface area contributed by atoms with Gasteiger partial charge >= 0.3 is 0 Å². The monoisotopic (exact) mass is 197 g/mol. The van der Waals surface area contributed by atoms with Gasteiger partial charge in [-0.1, -0.05) is 24.3 Å². The summed E-state index contributed by atoms with van der Waals surface area (Å²) < 4.78 is 0. The summed E-state index contributed by atoms with van der Waals surface area (Å²) in [4.78, 5) is 4.33. The van der Waals surface area contributed by atoms with E-state index >= 15 is 0 Å². The van der Waals surface area contributed by atoms with Crippen molar-refractivity contribution in [3.05, 3.63) is 53.3 Å². The fourth-order valence-electron chi connectivity index (χ4n) is 1.81. The van der Waals surface area contributed by atoms with Crippen LogP contribution in [0.3, 0.4) is 0 Å². The normalized spacial score (nSPS) is 10.3. The van der Waals surface area contributed by atoms with Gasteiger partial charge in [-0.05, 0) is 43.5 Å². The van der Waals surface area contributed by atoms with Gasteiger partial charge in [-0.3, -0.25) is 4.98 Å². The van der Waals surface area contributed by atoms with Crippen LogP contribution in [-0.4, -0.2) is 4.98 Å². The van der Waals surface area contributed by atoms with Gasteiger partial charge in [-0.2, -0.15) is 0 Å². The molecule has 0 saturated heterocycles. The molecular weight excluding hydrogens is 182 g/mol. The van der Waals surface area contributed by atoms with Gasteiger partial charge in [0.1, 0.15) is 0 Å². The van der Waals surface area contributed by atoms with Gasteiger partial charge in [0, 0.05) is 17.5 Å². The van der Waals surface area contributed by atoms with Crippen LogP contribution in [0.15, 0.2) is 36.5 Å². The first kappa shape index (κ1) is 9.91. The first-order chi connectivity index (χ1) is 7.20. The molecule has 0 N–H and O–H groups in total. The fourth-order valence-corrected chi connectivity index (χ4v) is 1.81. The van der Waals surface area contributed by atoms with E-state index in [2.05, 4.69) is 50.0 Å². The molecule has 15 heavy (non-hydrogen) atoms. The minimum Gasteiger partial charge on any atom is -0.261 e. The molecule has 0 spiro atoms. The van der Waals surface area contributed by atoms with E-state index < -0.39 is 0 Å². The Morgan fingerprint density at radius 2 is 1.60 bits per heavy atom. The smallest absolute Gasteiger partial charge is 0.0451 e. The second kappa shape index (κ2) is 3.85. The van der Waals surface area contributed by atoms with Crippen LogP contribution < -0.4 is 0 Å². The van der Waals surface area contributed by atoms with Crippen molar-refractivity contribution in [1.82, 2.24) is 4.98 Å². The van der Waals surface area contributed by atoms with Crippen LogP contribution in [0, 0.1) is 20.8 Å². The molecule has 1 aromatic heterocycles. The Balaban J connectivity index is 2.65. The minimum absolute atomic E-state index is 1.09. The molecule has 0 fully saturated rings. The molecular formula is C14H15N. The highest BCUT2D eigenvalue weighted by atomic mass is 14.7. The van der Waals surface area contributed by atoms with Gasteiger partial charge in [0.2, 0.25) is 0 Å². The Bertz CT molecular complexity index is 486. The predicted molar refractivity (Wildman–Crippen MR) is 63.9 cm³/mol. The number of aryl methyl sites for hydroxylation is 2. The maximum atomic E-state index is 4.33. The van der Waals surface area contributed by atoms with E-state index in [1.54, 1.807) is 0 Å². The molecule has 2 rings (SSSR count). The van der Waals surface area contributed by atoms with E-state index in [9.17, 15) is 0 Å². The van der Waals surface area contributed by atoms with Gasteiger partial charge in [0.05, 0.1) is 0 Å². The zero-order chi connectivity index (χ0) is 10.8. The Morgan fingerprint density at radius 1 is 0.867 bits per heavy atom. The summed E-state index contributed by atoms with van der Waals surface area (Å²) in [6.45, 7) is 6.36. The number of pyridine rings is 1. The number of hydrogen-bond donors (Lipinski definition) is 0. The van der Waals surface area contributed by atoms with E-state index in [0.717, 1.165) is 5.69 Å². The molecule has 0 atom stereocenters. The van der Waals surface area contributed by atoms with E-state index in [1.807, 2.05) is 12.3 Å². The lowest BCUT2D eigenvalue weighted by Gasteiger charge is -2.10. The summed E-state index contributed by atoms with van der Waals surface area (Å²) in [7, 11) is 0. The lowest BCUT2D eigenvalue weighted by molar-refractivity contribution is 1.20. The topological polar surface area (TPSA) is 12.9 Å². The summed E-state index contributed by atoms with van der Waals surface area (Å²) in [5.74, 6) is 0. The van der Waals surface area contributed by atoms with Crippen LogP contribution in [-0.2, 0) is 0 Å². The number of rotatable bonds is 1. The van der Waals surface area contributed by atoms with Crippen LogP contribution >= 0.6 is 0 Å². The SMILES string of the molecule is Cc1cccc(-c2cccnc2C)c1C. The van der Waals surface area contributed by atoms with Gasteiger partial charge < -0.3 is 0 Å². The number of hydrogen-bond acceptors (Lipinski definition) is 1. The van der Waals surface area contributed by atoms with E-state index in [4.69, 9.17) is 0 Å². The van der Waals surface area contributed by atoms with E-state index in [1.165, 1.54) is 22.3 Å². The highest BCUT2D eigenvalue weighted by molar-refractivity contribution is 5.70. The molecule has 1 heterocycles. The zero-order valence-electron chi connectivity index (χ0n) is 9.41. The zero-order valence-corrected chi connectivity index (χ0v) is 9.41. The highest BCUT2D eigenvalue weighted by Crippen LogP contribution is 2.26. The van der Waals surface area contributed by atoms with Crippen molar-refractivity contribution in [2.24, 2.45) is 0 Å². The van der Waals surface area contributed by atoms with Gasteiger partial charge in [-0.25, -0.2) is 0 Å². The molecule has 0 radical (unpaired) electrons. The molecule has 0 saturated carbocycles. The molecule has 0 aliphatic carbocycles. The number of benzene rings is 1. The quantitative estimate of drug-likeness (QED) is 0.679. The van der Waals surface area contributed by atoms with Crippen molar-refractivity contribution in [2.45, 2.75) is 20.8 Å². The Hall–Kier alpha value is -1.63. The Kier molecular flexibility index (Phi) is 2.55. The first-order valence-corrected chi connectivity index (χ1v) is 5.18. The molecule has 1 aromatic carbocycles. The second-order valence-electron chi connectivity index (χ2n) is 3.88. The third kappa shape index (κ3) is 1.78. The van der Waals surface area contributed by atoms with Crippen LogP contribution in [0.1, 0.15) is 16.8 Å². The van der Waals surface area contributed by atoms with Gasteiger partial charge in [0.15, 0.2) is 0 Å². The predicted octanol–water partition coefficient (Wildman–Crippen LogP) is 3.67. The maximum absolute atomic E-state index is 4.33. The minimum atomic E-state index is 1.09. The molecule has 0 amide bonds. The molecule has 0 aliphatic rings. The van der Waals surface area contributed by atoms with Crippen molar-refractivity contribution in [1.29, 1.82) is 0 Å². The Labute approximate surface area is 90.8 Å². The first-order valence-electron chi connectivity index (χ1n) is 5.18. The number of nitrogens with zero attached hydrogens (tertiary/aromatic N) is 1.